The molecule has 21 heavy (non-hydrogen) atoms. The van der Waals surface area contributed by atoms with Crippen LogP contribution >= 0.6 is 11.8 Å². The maximum absolute atomic E-state index is 12.4. The highest BCUT2D eigenvalue weighted by Gasteiger charge is 2.43. The number of carboxylic acid groups (broad SMARTS) is 1. The summed E-state index contributed by atoms with van der Waals surface area (Å²) in [5.74, 6) is -0.711. The van der Waals surface area contributed by atoms with E-state index in [0.29, 0.717) is 13.0 Å². The number of nitrogens with zero attached hydrogens (tertiary/aromatic N) is 1. The van der Waals surface area contributed by atoms with Crippen LogP contribution in [0.1, 0.15) is 31.7 Å². The minimum atomic E-state index is -1.05. The van der Waals surface area contributed by atoms with Gasteiger partial charge in [0.25, 0.3) is 0 Å². The van der Waals surface area contributed by atoms with Crippen LogP contribution in [0.4, 0.5) is 0 Å². The Kier molecular flexibility index (Phi) is 4.93. The Morgan fingerprint density at radius 1 is 1.33 bits per heavy atom. The van der Waals surface area contributed by atoms with Gasteiger partial charge in [-0.3, -0.25) is 4.79 Å². The second kappa shape index (κ2) is 6.52. The molecule has 1 fully saturated rings. The molecule has 2 rings (SSSR count). The number of carboxylic acids is 1. The average molecular weight is 307 g/mol. The van der Waals surface area contributed by atoms with Gasteiger partial charge in [-0.1, -0.05) is 18.2 Å². The predicted molar refractivity (Wildman–Crippen MR) is 83.5 cm³/mol. The molecule has 0 aromatic heterocycles. The van der Waals surface area contributed by atoms with Gasteiger partial charge in [0, 0.05) is 11.4 Å². The van der Waals surface area contributed by atoms with Gasteiger partial charge in [-0.05, 0) is 44.7 Å². The number of benzene rings is 1. The predicted octanol–water partition coefficient (Wildman–Crippen LogP) is 2.94. The summed E-state index contributed by atoms with van der Waals surface area (Å²) >= 11 is 1.48. The molecular formula is C16H21NO3S. The number of hydrogen-bond donors (Lipinski definition) is 1. The zero-order valence-corrected chi connectivity index (χ0v) is 13.3. The number of carbonyl (C=O) groups is 2. The van der Waals surface area contributed by atoms with Crippen molar-refractivity contribution in [3.63, 3.8) is 0 Å². The van der Waals surface area contributed by atoms with Gasteiger partial charge in [0.2, 0.25) is 5.91 Å². The number of thioether (sulfide) groups is 1. The summed E-state index contributed by atoms with van der Waals surface area (Å²) in [6.45, 7) is 4.20. The molecule has 0 aliphatic carbocycles. The van der Waals surface area contributed by atoms with Crippen molar-refractivity contribution in [1.29, 1.82) is 0 Å². The second-order valence-corrected chi connectivity index (χ2v) is 6.65. The van der Waals surface area contributed by atoms with Crippen molar-refractivity contribution in [2.24, 2.45) is 0 Å². The first kappa shape index (κ1) is 15.9. The van der Waals surface area contributed by atoms with E-state index in [1.807, 2.05) is 31.2 Å². The maximum atomic E-state index is 12.4. The molecule has 1 aliphatic heterocycles. The zero-order valence-electron chi connectivity index (χ0n) is 12.5. The van der Waals surface area contributed by atoms with Crippen LogP contribution in [0.5, 0.6) is 0 Å². The summed E-state index contributed by atoms with van der Waals surface area (Å²) in [5.41, 5.74) is 0.0803. The van der Waals surface area contributed by atoms with Crippen LogP contribution in [0.2, 0.25) is 0 Å². The summed E-state index contributed by atoms with van der Waals surface area (Å²) in [4.78, 5) is 26.6. The lowest BCUT2D eigenvalue weighted by atomic mass is 9.88. The Balaban J connectivity index is 2.05. The highest BCUT2D eigenvalue weighted by molar-refractivity contribution is 8.00. The van der Waals surface area contributed by atoms with E-state index in [-0.39, 0.29) is 11.7 Å². The van der Waals surface area contributed by atoms with E-state index < -0.39 is 11.5 Å². The van der Waals surface area contributed by atoms with Crippen LogP contribution in [0.25, 0.3) is 0 Å². The molecule has 114 valence electrons. The van der Waals surface area contributed by atoms with Gasteiger partial charge in [0.1, 0.15) is 5.54 Å². The minimum Gasteiger partial charge on any atom is -0.480 e. The Bertz CT molecular complexity index is 546. The molecule has 0 spiro atoms. The summed E-state index contributed by atoms with van der Waals surface area (Å²) in [6, 6.07) is 7.91. The standard InChI is InChI=1S/C16H21NO3S/c1-12-7-3-4-8-13(12)21-11-14(18)17-10-6-5-9-16(17,2)15(19)20/h3-4,7-8H,5-6,9-11H2,1-2H3,(H,19,20). The number of rotatable bonds is 4. The third-order valence-electron chi connectivity index (χ3n) is 4.10. The SMILES string of the molecule is Cc1ccccc1SCC(=O)N1CCCCC1(C)C(=O)O. The number of carbonyl (C=O) groups excluding carboxylic acids is 1. The van der Waals surface area contributed by atoms with E-state index in [4.69, 9.17) is 0 Å². The molecule has 1 N–H and O–H groups in total. The van der Waals surface area contributed by atoms with E-state index in [1.165, 1.54) is 11.8 Å². The quantitative estimate of drug-likeness (QED) is 0.869. The Morgan fingerprint density at radius 2 is 2.05 bits per heavy atom. The Morgan fingerprint density at radius 3 is 2.71 bits per heavy atom. The van der Waals surface area contributed by atoms with Gasteiger partial charge in [-0.15, -0.1) is 11.8 Å². The lowest BCUT2D eigenvalue weighted by Crippen LogP contribution is -2.58. The van der Waals surface area contributed by atoms with Crippen LogP contribution in [0, 0.1) is 6.92 Å². The van der Waals surface area contributed by atoms with Gasteiger partial charge in [0.15, 0.2) is 0 Å². The molecule has 1 aromatic carbocycles. The monoisotopic (exact) mass is 307 g/mol. The van der Waals surface area contributed by atoms with E-state index >= 15 is 0 Å². The molecule has 1 amide bonds. The molecule has 1 heterocycles. The van der Waals surface area contributed by atoms with Gasteiger partial charge in [-0.25, -0.2) is 4.79 Å². The topological polar surface area (TPSA) is 57.6 Å². The van der Waals surface area contributed by atoms with Crippen LogP contribution in [-0.2, 0) is 9.59 Å². The van der Waals surface area contributed by atoms with E-state index in [0.717, 1.165) is 23.3 Å². The number of likely N-dealkylation sites (tertiary alicyclic amines) is 1. The highest BCUT2D eigenvalue weighted by atomic mass is 32.2. The first-order valence-electron chi connectivity index (χ1n) is 7.17. The first-order valence-corrected chi connectivity index (χ1v) is 8.16. The van der Waals surface area contributed by atoms with Crippen molar-refractivity contribution in [2.45, 2.75) is 43.5 Å². The largest absolute Gasteiger partial charge is 0.480 e. The Labute approximate surface area is 129 Å². The maximum Gasteiger partial charge on any atom is 0.329 e. The van der Waals surface area contributed by atoms with Gasteiger partial charge in [-0.2, -0.15) is 0 Å². The molecule has 1 unspecified atom stereocenters. The fourth-order valence-corrected chi connectivity index (χ4v) is 3.58. The van der Waals surface area contributed by atoms with Crippen molar-refractivity contribution in [3.8, 4) is 0 Å². The third-order valence-corrected chi connectivity index (χ3v) is 5.26. The fourth-order valence-electron chi connectivity index (χ4n) is 2.68. The zero-order chi connectivity index (χ0) is 15.5. The van der Waals surface area contributed by atoms with Crippen LogP contribution in [0.15, 0.2) is 29.2 Å². The van der Waals surface area contributed by atoms with Crippen molar-refractivity contribution >= 4 is 23.6 Å². The van der Waals surface area contributed by atoms with Gasteiger partial charge in [0.05, 0.1) is 5.75 Å². The normalized spacial score (nSPS) is 22.1. The van der Waals surface area contributed by atoms with Gasteiger partial charge < -0.3 is 10.0 Å². The molecule has 0 radical (unpaired) electrons. The van der Waals surface area contributed by atoms with Crippen molar-refractivity contribution in [1.82, 2.24) is 4.90 Å². The molecule has 4 nitrogen and oxygen atoms in total. The number of aliphatic carboxylic acids is 1. The summed E-state index contributed by atoms with van der Waals surface area (Å²) < 4.78 is 0. The minimum absolute atomic E-state index is 0.0900. The van der Waals surface area contributed by atoms with E-state index in [9.17, 15) is 14.7 Å². The van der Waals surface area contributed by atoms with Crippen molar-refractivity contribution < 1.29 is 14.7 Å². The van der Waals surface area contributed by atoms with Crippen LogP contribution in [-0.4, -0.2) is 39.7 Å². The fraction of sp³-hybridized carbons (Fsp3) is 0.500. The van der Waals surface area contributed by atoms with Crippen LogP contribution < -0.4 is 0 Å². The molecule has 1 aliphatic rings. The number of hydrogen-bond acceptors (Lipinski definition) is 3. The number of aryl methyl sites for hydroxylation is 1. The van der Waals surface area contributed by atoms with Crippen molar-refractivity contribution in [2.75, 3.05) is 12.3 Å². The molecule has 0 bridgehead atoms. The smallest absolute Gasteiger partial charge is 0.329 e. The summed E-state index contributed by atoms with van der Waals surface area (Å²) in [5, 5.41) is 9.45. The van der Waals surface area contributed by atoms with Crippen LogP contribution in [0.3, 0.4) is 0 Å². The Hall–Kier alpha value is -1.49. The molecule has 1 saturated heterocycles. The molecular weight excluding hydrogens is 286 g/mol. The molecule has 5 heteroatoms. The van der Waals surface area contributed by atoms with Gasteiger partial charge >= 0.3 is 5.97 Å². The number of amides is 1. The average Bonchev–Trinajstić information content (AvgIpc) is 2.46. The van der Waals surface area contributed by atoms with E-state index in [2.05, 4.69) is 0 Å². The van der Waals surface area contributed by atoms with E-state index in [1.54, 1.807) is 11.8 Å². The molecule has 0 saturated carbocycles. The summed E-state index contributed by atoms with van der Waals surface area (Å²) in [6.07, 6.45) is 2.27. The highest BCUT2D eigenvalue weighted by Crippen LogP contribution is 2.30. The molecule has 1 atom stereocenters. The lowest BCUT2D eigenvalue weighted by molar-refractivity contribution is -0.159. The summed E-state index contributed by atoms with van der Waals surface area (Å²) in [7, 11) is 0. The lowest BCUT2D eigenvalue weighted by Gasteiger charge is -2.41. The molecule has 1 aromatic rings. The third kappa shape index (κ3) is 3.40. The number of piperidine rings is 1. The first-order chi connectivity index (χ1) is 9.95. The van der Waals surface area contributed by atoms with Crippen molar-refractivity contribution in [3.05, 3.63) is 29.8 Å². The second-order valence-electron chi connectivity index (χ2n) is 5.64.